The predicted molar refractivity (Wildman–Crippen MR) is 100 cm³/mol. The third-order valence-electron chi connectivity index (χ3n) is 4.08. The summed E-state index contributed by atoms with van der Waals surface area (Å²) in [5.41, 5.74) is 5.60. The SMILES string of the molecule is NC(=O)COc1ccc(F)c(NCc2cc(-c3cccc(F)c3)ccc2F)c1F. The van der Waals surface area contributed by atoms with Crippen molar-refractivity contribution in [2.45, 2.75) is 6.54 Å². The summed E-state index contributed by atoms with van der Waals surface area (Å²) in [5.74, 6) is -4.23. The fourth-order valence-electron chi connectivity index (χ4n) is 2.70. The highest BCUT2D eigenvalue weighted by Crippen LogP contribution is 2.29. The summed E-state index contributed by atoms with van der Waals surface area (Å²) in [6, 6.07) is 11.9. The van der Waals surface area contributed by atoms with Crippen LogP contribution in [0.3, 0.4) is 0 Å². The van der Waals surface area contributed by atoms with Crippen LogP contribution in [0.2, 0.25) is 0 Å². The number of rotatable bonds is 7. The molecule has 0 spiro atoms. The molecule has 3 N–H and O–H groups in total. The highest BCUT2D eigenvalue weighted by molar-refractivity contribution is 5.75. The van der Waals surface area contributed by atoms with E-state index in [0.717, 1.165) is 12.1 Å². The van der Waals surface area contributed by atoms with Crippen molar-refractivity contribution in [1.82, 2.24) is 0 Å². The average molecular weight is 404 g/mol. The molecule has 4 nitrogen and oxygen atoms in total. The Morgan fingerprint density at radius 2 is 1.66 bits per heavy atom. The minimum absolute atomic E-state index is 0.119. The number of nitrogens with two attached hydrogens (primary N) is 1. The third kappa shape index (κ3) is 4.84. The molecule has 0 heterocycles. The zero-order valence-electron chi connectivity index (χ0n) is 15.0. The summed E-state index contributed by atoms with van der Waals surface area (Å²) in [6.07, 6.45) is 0. The van der Waals surface area contributed by atoms with Gasteiger partial charge in [-0.1, -0.05) is 18.2 Å². The molecule has 0 fully saturated rings. The van der Waals surface area contributed by atoms with Crippen LogP contribution >= 0.6 is 0 Å². The van der Waals surface area contributed by atoms with Crippen molar-refractivity contribution in [2.75, 3.05) is 11.9 Å². The molecular formula is C21H16F4N2O2. The summed E-state index contributed by atoms with van der Waals surface area (Å²) in [4.78, 5) is 10.8. The van der Waals surface area contributed by atoms with Crippen molar-refractivity contribution in [2.24, 2.45) is 5.73 Å². The molecule has 0 aromatic heterocycles. The van der Waals surface area contributed by atoms with Gasteiger partial charge in [-0.3, -0.25) is 4.79 Å². The minimum atomic E-state index is -1.08. The van der Waals surface area contributed by atoms with Gasteiger partial charge in [-0.2, -0.15) is 0 Å². The zero-order valence-corrected chi connectivity index (χ0v) is 15.0. The summed E-state index contributed by atoms with van der Waals surface area (Å²) < 4.78 is 61.0. The standard InChI is InChI=1S/C21H16F4N2O2/c22-15-3-1-2-12(9-15)13-4-5-16(23)14(8-13)10-27-21-17(24)6-7-18(20(21)25)29-11-19(26)28/h1-9,27H,10-11H2,(H2,26,28). The van der Waals surface area contributed by atoms with E-state index in [1.54, 1.807) is 6.07 Å². The number of benzene rings is 3. The molecule has 0 bridgehead atoms. The Hall–Kier alpha value is -3.55. The fraction of sp³-hybridized carbons (Fsp3) is 0.0952. The molecule has 0 radical (unpaired) electrons. The number of carbonyl (C=O) groups excluding carboxylic acids is 1. The normalized spacial score (nSPS) is 10.6. The predicted octanol–water partition coefficient (Wildman–Crippen LogP) is 4.39. The Kier molecular flexibility index (Phi) is 6.01. The molecule has 150 valence electrons. The number of carbonyl (C=O) groups is 1. The molecule has 0 saturated carbocycles. The molecule has 0 atom stereocenters. The zero-order chi connectivity index (χ0) is 21.0. The minimum Gasteiger partial charge on any atom is -0.481 e. The van der Waals surface area contributed by atoms with Crippen LogP contribution in [-0.4, -0.2) is 12.5 Å². The van der Waals surface area contributed by atoms with E-state index in [4.69, 9.17) is 10.5 Å². The van der Waals surface area contributed by atoms with Crippen LogP contribution in [0.1, 0.15) is 5.56 Å². The average Bonchev–Trinajstić information content (AvgIpc) is 2.68. The van der Waals surface area contributed by atoms with E-state index in [9.17, 15) is 22.4 Å². The highest BCUT2D eigenvalue weighted by atomic mass is 19.1. The van der Waals surface area contributed by atoms with Crippen molar-refractivity contribution in [3.05, 3.63) is 83.4 Å². The largest absolute Gasteiger partial charge is 0.481 e. The van der Waals surface area contributed by atoms with Gasteiger partial charge in [0.15, 0.2) is 18.2 Å². The van der Waals surface area contributed by atoms with Gasteiger partial charge in [0.05, 0.1) is 0 Å². The van der Waals surface area contributed by atoms with E-state index >= 15 is 0 Å². The molecule has 1 amide bonds. The Bertz CT molecular complexity index is 1060. The number of halogens is 4. The summed E-state index contributed by atoms with van der Waals surface area (Å²) >= 11 is 0. The van der Waals surface area contributed by atoms with Gasteiger partial charge in [0.25, 0.3) is 5.91 Å². The van der Waals surface area contributed by atoms with E-state index in [-0.39, 0.29) is 17.9 Å². The first-order valence-corrected chi connectivity index (χ1v) is 8.52. The van der Waals surface area contributed by atoms with E-state index in [1.807, 2.05) is 0 Å². The molecule has 0 aliphatic carbocycles. The molecule has 0 aliphatic heterocycles. The van der Waals surface area contributed by atoms with Gasteiger partial charge in [-0.05, 0) is 47.5 Å². The van der Waals surface area contributed by atoms with Crippen molar-refractivity contribution in [3.63, 3.8) is 0 Å². The smallest absolute Gasteiger partial charge is 0.255 e. The molecule has 8 heteroatoms. The van der Waals surface area contributed by atoms with E-state index < -0.39 is 41.5 Å². The van der Waals surface area contributed by atoms with Gasteiger partial charge in [0.1, 0.15) is 23.1 Å². The van der Waals surface area contributed by atoms with Crippen molar-refractivity contribution in [1.29, 1.82) is 0 Å². The Morgan fingerprint density at radius 1 is 0.931 bits per heavy atom. The number of anilines is 1. The number of hydrogen-bond donors (Lipinski definition) is 2. The number of hydrogen-bond acceptors (Lipinski definition) is 3. The first-order valence-electron chi connectivity index (χ1n) is 8.52. The lowest BCUT2D eigenvalue weighted by atomic mass is 10.0. The molecule has 0 unspecified atom stereocenters. The molecule has 3 aromatic carbocycles. The second kappa shape index (κ2) is 8.64. The monoisotopic (exact) mass is 404 g/mol. The second-order valence-electron chi connectivity index (χ2n) is 6.16. The lowest BCUT2D eigenvalue weighted by molar-refractivity contribution is -0.120. The maximum Gasteiger partial charge on any atom is 0.255 e. The molecule has 0 aliphatic rings. The van der Waals surface area contributed by atoms with Gasteiger partial charge in [0.2, 0.25) is 0 Å². The van der Waals surface area contributed by atoms with E-state index in [1.165, 1.54) is 36.4 Å². The van der Waals surface area contributed by atoms with Crippen LogP contribution in [0, 0.1) is 23.3 Å². The fourth-order valence-corrected chi connectivity index (χ4v) is 2.70. The van der Waals surface area contributed by atoms with Crippen molar-refractivity contribution >= 4 is 11.6 Å². The van der Waals surface area contributed by atoms with Gasteiger partial charge in [0, 0.05) is 12.1 Å². The van der Waals surface area contributed by atoms with Crippen LogP contribution in [0.4, 0.5) is 23.2 Å². The van der Waals surface area contributed by atoms with Crippen LogP contribution < -0.4 is 15.8 Å². The van der Waals surface area contributed by atoms with Crippen molar-refractivity contribution < 1.29 is 27.1 Å². The molecule has 29 heavy (non-hydrogen) atoms. The third-order valence-corrected chi connectivity index (χ3v) is 4.08. The van der Waals surface area contributed by atoms with E-state index in [0.29, 0.717) is 11.1 Å². The summed E-state index contributed by atoms with van der Waals surface area (Å²) in [6.45, 7) is -0.825. The van der Waals surface area contributed by atoms with Crippen molar-refractivity contribution in [3.8, 4) is 16.9 Å². The lowest BCUT2D eigenvalue weighted by Gasteiger charge is -2.13. The lowest BCUT2D eigenvalue weighted by Crippen LogP contribution is -2.20. The number of ether oxygens (including phenoxy) is 1. The number of primary amides is 1. The Morgan fingerprint density at radius 3 is 2.38 bits per heavy atom. The number of amides is 1. The topological polar surface area (TPSA) is 64.4 Å². The summed E-state index contributed by atoms with van der Waals surface area (Å²) in [7, 11) is 0. The highest BCUT2D eigenvalue weighted by Gasteiger charge is 2.16. The maximum atomic E-state index is 14.5. The Labute approximate surface area is 163 Å². The molecular weight excluding hydrogens is 388 g/mol. The molecule has 0 saturated heterocycles. The summed E-state index contributed by atoms with van der Waals surface area (Å²) in [5, 5.41) is 2.50. The molecule has 3 aromatic rings. The maximum absolute atomic E-state index is 14.5. The van der Waals surface area contributed by atoms with Gasteiger partial charge in [-0.25, -0.2) is 17.6 Å². The van der Waals surface area contributed by atoms with E-state index in [2.05, 4.69) is 5.32 Å². The Balaban J connectivity index is 1.83. The number of nitrogens with one attached hydrogen (secondary N) is 1. The second-order valence-corrected chi connectivity index (χ2v) is 6.16. The van der Waals surface area contributed by atoms with Gasteiger partial charge in [-0.15, -0.1) is 0 Å². The van der Waals surface area contributed by atoms with Gasteiger partial charge >= 0.3 is 0 Å². The quantitative estimate of drug-likeness (QED) is 0.575. The first-order chi connectivity index (χ1) is 13.8. The first kappa shape index (κ1) is 20.2. The molecule has 3 rings (SSSR count). The van der Waals surface area contributed by atoms with Gasteiger partial charge < -0.3 is 15.8 Å². The van der Waals surface area contributed by atoms with Crippen LogP contribution in [0.25, 0.3) is 11.1 Å². The van der Waals surface area contributed by atoms with Crippen LogP contribution in [0.15, 0.2) is 54.6 Å². The van der Waals surface area contributed by atoms with Crippen LogP contribution in [-0.2, 0) is 11.3 Å². The van der Waals surface area contributed by atoms with Crippen LogP contribution in [0.5, 0.6) is 5.75 Å².